The lowest BCUT2D eigenvalue weighted by Gasteiger charge is -2.38. The van der Waals surface area contributed by atoms with E-state index in [2.05, 4.69) is 21.8 Å². The van der Waals surface area contributed by atoms with E-state index in [1.54, 1.807) is 26.1 Å². The number of methoxy groups -OCH3 is 1. The lowest BCUT2D eigenvalue weighted by molar-refractivity contribution is -0.132. The molecule has 1 fully saturated rings. The number of amides is 1. The number of aromatic nitrogens is 2. The van der Waals surface area contributed by atoms with Gasteiger partial charge in [-0.05, 0) is 12.8 Å². The molecular formula is C18H30N4O2. The first kappa shape index (κ1) is 18.8. The van der Waals surface area contributed by atoms with Gasteiger partial charge < -0.3 is 9.64 Å². The predicted octanol–water partition coefficient (Wildman–Crippen LogP) is 1.74. The third-order valence-electron chi connectivity index (χ3n) is 4.63. The van der Waals surface area contributed by atoms with Gasteiger partial charge in [0.1, 0.15) is 5.82 Å². The molecule has 1 aliphatic rings. The van der Waals surface area contributed by atoms with Crippen molar-refractivity contribution in [2.75, 3.05) is 34.3 Å². The summed E-state index contributed by atoms with van der Waals surface area (Å²) in [5.41, 5.74) is 1.13. The molecule has 2 atom stereocenters. The average molecular weight is 334 g/mol. The second kappa shape index (κ2) is 9.08. The normalized spacial score (nSPS) is 21.7. The lowest BCUT2D eigenvalue weighted by atomic mass is 9.90. The molecule has 6 nitrogen and oxygen atoms in total. The molecule has 1 saturated heterocycles. The topological polar surface area (TPSA) is 58.6 Å². The maximum Gasteiger partial charge on any atom is 0.222 e. The summed E-state index contributed by atoms with van der Waals surface area (Å²) in [6.45, 7) is 4.80. The van der Waals surface area contributed by atoms with Crippen LogP contribution in [0.5, 0.6) is 0 Å². The van der Waals surface area contributed by atoms with E-state index in [4.69, 9.17) is 4.74 Å². The fourth-order valence-corrected chi connectivity index (χ4v) is 3.22. The Kier molecular flexibility index (Phi) is 7.12. The third-order valence-corrected chi connectivity index (χ3v) is 4.63. The first-order valence-corrected chi connectivity index (χ1v) is 8.78. The van der Waals surface area contributed by atoms with Crippen LogP contribution in [0.4, 0.5) is 0 Å². The Hall–Kier alpha value is -1.53. The fraction of sp³-hybridized carbons (Fsp3) is 0.722. The molecule has 2 rings (SSSR count). The third kappa shape index (κ3) is 5.24. The number of carbonyl (C=O) groups is 1. The molecule has 0 bridgehead atoms. The predicted molar refractivity (Wildman–Crippen MR) is 93.5 cm³/mol. The van der Waals surface area contributed by atoms with Gasteiger partial charge in [-0.3, -0.25) is 9.69 Å². The highest BCUT2D eigenvalue weighted by Crippen LogP contribution is 2.24. The summed E-state index contributed by atoms with van der Waals surface area (Å²) in [5, 5.41) is 0. The van der Waals surface area contributed by atoms with Gasteiger partial charge in [0.15, 0.2) is 0 Å². The molecule has 6 heteroatoms. The molecular weight excluding hydrogens is 304 g/mol. The van der Waals surface area contributed by atoms with Gasteiger partial charge in [0.2, 0.25) is 5.91 Å². The van der Waals surface area contributed by atoms with Crippen LogP contribution >= 0.6 is 0 Å². The second-order valence-corrected chi connectivity index (χ2v) is 6.81. The van der Waals surface area contributed by atoms with Crippen LogP contribution in [0.15, 0.2) is 12.4 Å². The number of ether oxygens (including phenoxy) is 1. The molecule has 0 N–H and O–H groups in total. The fourth-order valence-electron chi connectivity index (χ4n) is 3.22. The molecule has 0 saturated carbocycles. The van der Waals surface area contributed by atoms with Crippen LogP contribution in [0.3, 0.4) is 0 Å². The van der Waals surface area contributed by atoms with E-state index in [0.29, 0.717) is 6.42 Å². The monoisotopic (exact) mass is 334 g/mol. The largest absolute Gasteiger partial charge is 0.381 e. The van der Waals surface area contributed by atoms with Gasteiger partial charge >= 0.3 is 0 Å². The number of hydrogen-bond acceptors (Lipinski definition) is 5. The average Bonchev–Trinajstić information content (AvgIpc) is 2.57. The second-order valence-electron chi connectivity index (χ2n) is 6.81. The molecule has 2 heterocycles. The van der Waals surface area contributed by atoms with Crippen LogP contribution in [0.2, 0.25) is 0 Å². The molecule has 0 radical (unpaired) electrons. The van der Waals surface area contributed by atoms with E-state index in [-0.39, 0.29) is 17.9 Å². The van der Waals surface area contributed by atoms with Crippen molar-refractivity contribution in [2.45, 2.75) is 45.3 Å². The van der Waals surface area contributed by atoms with Gasteiger partial charge in [-0.15, -0.1) is 0 Å². The standard InChI is InChI=1S/C18H30N4O2/c1-5-6-17-19-10-14(11-20-17)12-22-8-7-16(24-4)15(13-22)9-18(23)21(2)3/h10-11,15-16H,5-9,12-13H2,1-4H3/t15-,16-/m1/s1. The highest BCUT2D eigenvalue weighted by atomic mass is 16.5. The maximum atomic E-state index is 12.1. The van der Waals surface area contributed by atoms with Gasteiger partial charge in [0.25, 0.3) is 0 Å². The van der Waals surface area contributed by atoms with E-state index in [0.717, 1.165) is 50.3 Å². The van der Waals surface area contributed by atoms with Crippen molar-refractivity contribution in [1.29, 1.82) is 0 Å². The summed E-state index contributed by atoms with van der Waals surface area (Å²) in [4.78, 5) is 25.0. The summed E-state index contributed by atoms with van der Waals surface area (Å²) >= 11 is 0. The highest BCUT2D eigenvalue weighted by Gasteiger charge is 2.31. The molecule has 134 valence electrons. The Morgan fingerprint density at radius 1 is 1.38 bits per heavy atom. The van der Waals surface area contributed by atoms with Crippen LogP contribution in [-0.2, 0) is 22.5 Å². The van der Waals surface area contributed by atoms with Gasteiger partial charge in [-0.25, -0.2) is 9.97 Å². The number of rotatable bonds is 7. The first-order chi connectivity index (χ1) is 11.5. The number of aryl methyl sites for hydroxylation is 1. The van der Waals surface area contributed by atoms with Crippen LogP contribution in [0, 0.1) is 5.92 Å². The molecule has 0 aliphatic carbocycles. The number of piperidine rings is 1. The molecule has 1 amide bonds. The SMILES string of the molecule is CCCc1ncc(CN2CC[C@@H](OC)[C@H](CC(=O)N(C)C)C2)cn1. The van der Waals surface area contributed by atoms with Gasteiger partial charge in [-0.2, -0.15) is 0 Å². The number of carbonyl (C=O) groups excluding carboxylic acids is 1. The minimum absolute atomic E-state index is 0.160. The quantitative estimate of drug-likeness (QED) is 0.760. The van der Waals surface area contributed by atoms with Gasteiger partial charge in [0.05, 0.1) is 6.10 Å². The summed E-state index contributed by atoms with van der Waals surface area (Å²) in [7, 11) is 5.35. The van der Waals surface area contributed by atoms with E-state index < -0.39 is 0 Å². The van der Waals surface area contributed by atoms with E-state index in [1.165, 1.54) is 0 Å². The maximum absolute atomic E-state index is 12.1. The zero-order chi connectivity index (χ0) is 17.5. The summed E-state index contributed by atoms with van der Waals surface area (Å²) < 4.78 is 5.60. The van der Waals surface area contributed by atoms with Crippen LogP contribution in [0.25, 0.3) is 0 Å². The molecule has 1 aliphatic heterocycles. The number of hydrogen-bond donors (Lipinski definition) is 0. The minimum atomic E-state index is 0.160. The zero-order valence-electron chi connectivity index (χ0n) is 15.4. The smallest absolute Gasteiger partial charge is 0.222 e. The Labute approximate surface area is 145 Å². The van der Waals surface area contributed by atoms with Crippen molar-refractivity contribution in [2.24, 2.45) is 5.92 Å². The lowest BCUT2D eigenvalue weighted by Crippen LogP contribution is -2.45. The van der Waals surface area contributed by atoms with Crippen LogP contribution < -0.4 is 0 Å². The number of nitrogens with zero attached hydrogens (tertiary/aromatic N) is 4. The van der Waals surface area contributed by atoms with Crippen LogP contribution in [-0.4, -0.2) is 66.1 Å². The van der Waals surface area contributed by atoms with E-state index in [1.807, 2.05) is 12.4 Å². The number of likely N-dealkylation sites (tertiary alicyclic amines) is 1. The molecule has 0 aromatic carbocycles. The molecule has 1 aromatic heterocycles. The van der Waals surface area contributed by atoms with Crippen molar-refractivity contribution < 1.29 is 9.53 Å². The Morgan fingerprint density at radius 3 is 2.67 bits per heavy atom. The zero-order valence-corrected chi connectivity index (χ0v) is 15.4. The van der Waals surface area contributed by atoms with Crippen molar-refractivity contribution >= 4 is 5.91 Å². The Balaban J connectivity index is 1.94. The van der Waals surface area contributed by atoms with Crippen molar-refractivity contribution in [3.05, 3.63) is 23.8 Å². The Morgan fingerprint density at radius 2 is 2.08 bits per heavy atom. The summed E-state index contributed by atoms with van der Waals surface area (Å²) in [6, 6.07) is 0. The van der Waals surface area contributed by atoms with Gasteiger partial charge in [-0.1, -0.05) is 6.92 Å². The minimum Gasteiger partial charge on any atom is -0.381 e. The van der Waals surface area contributed by atoms with Crippen molar-refractivity contribution in [3.63, 3.8) is 0 Å². The van der Waals surface area contributed by atoms with Gasteiger partial charge in [0, 0.05) is 77.6 Å². The summed E-state index contributed by atoms with van der Waals surface area (Å²) in [6.07, 6.45) is 7.50. The van der Waals surface area contributed by atoms with E-state index in [9.17, 15) is 4.79 Å². The van der Waals surface area contributed by atoms with Crippen molar-refractivity contribution in [1.82, 2.24) is 19.8 Å². The Bertz CT molecular complexity index is 518. The highest BCUT2D eigenvalue weighted by molar-refractivity contribution is 5.75. The summed E-state index contributed by atoms with van der Waals surface area (Å²) in [5.74, 6) is 1.31. The molecule has 0 unspecified atom stereocenters. The van der Waals surface area contributed by atoms with Crippen molar-refractivity contribution in [3.8, 4) is 0 Å². The molecule has 24 heavy (non-hydrogen) atoms. The molecule has 0 spiro atoms. The van der Waals surface area contributed by atoms with E-state index >= 15 is 0 Å². The van der Waals surface area contributed by atoms with Crippen LogP contribution in [0.1, 0.15) is 37.6 Å². The molecule has 1 aromatic rings. The first-order valence-electron chi connectivity index (χ1n) is 8.78.